The van der Waals surface area contributed by atoms with Crippen LogP contribution in [0, 0.1) is 6.92 Å². The summed E-state index contributed by atoms with van der Waals surface area (Å²) in [7, 11) is 1.36. The third-order valence-electron chi connectivity index (χ3n) is 4.40. The molecule has 0 radical (unpaired) electrons. The van der Waals surface area contributed by atoms with E-state index < -0.39 is 0 Å². The molecule has 0 atom stereocenters. The van der Waals surface area contributed by atoms with Gasteiger partial charge in [-0.15, -0.1) is 11.3 Å². The van der Waals surface area contributed by atoms with Gasteiger partial charge in [0.05, 0.1) is 18.4 Å². The number of carbonyl (C=O) groups excluding carboxylic acids is 2. The highest BCUT2D eigenvalue weighted by atomic mass is 32.1. The van der Waals surface area contributed by atoms with E-state index >= 15 is 0 Å². The zero-order valence-corrected chi connectivity index (χ0v) is 15.9. The highest BCUT2D eigenvalue weighted by Crippen LogP contribution is 2.34. The molecule has 1 aliphatic heterocycles. The van der Waals surface area contributed by atoms with Crippen LogP contribution in [0.5, 0.6) is 0 Å². The molecule has 0 spiro atoms. The van der Waals surface area contributed by atoms with E-state index in [9.17, 15) is 9.59 Å². The first-order chi connectivity index (χ1) is 12.6. The smallest absolute Gasteiger partial charge is 0.337 e. The Balaban J connectivity index is 1.64. The maximum Gasteiger partial charge on any atom is 0.337 e. The molecule has 0 fully saturated rings. The molecule has 0 saturated heterocycles. The summed E-state index contributed by atoms with van der Waals surface area (Å²) in [6.45, 7) is 2.47. The number of hydrogen-bond acceptors (Lipinski definition) is 6. The van der Waals surface area contributed by atoms with Crippen molar-refractivity contribution in [1.29, 1.82) is 0 Å². The number of amides is 1. The molecule has 0 unspecified atom stereocenters. The van der Waals surface area contributed by atoms with Gasteiger partial charge in [-0.2, -0.15) is 11.3 Å². The topological polar surface area (TPSA) is 59.5 Å². The molecule has 0 bridgehead atoms. The molecule has 4 rings (SSSR count). The summed E-state index contributed by atoms with van der Waals surface area (Å²) in [6.07, 6.45) is 0.723. The second-order valence-electron chi connectivity index (χ2n) is 5.99. The highest BCUT2D eigenvalue weighted by molar-refractivity contribution is 7.17. The van der Waals surface area contributed by atoms with Crippen LogP contribution >= 0.6 is 22.7 Å². The number of aryl methyl sites for hydroxylation is 1. The fourth-order valence-electron chi connectivity index (χ4n) is 3.08. The van der Waals surface area contributed by atoms with Gasteiger partial charge in [-0.1, -0.05) is 0 Å². The van der Waals surface area contributed by atoms with E-state index in [0.29, 0.717) is 17.0 Å². The number of esters is 1. The number of fused-ring (bicyclic) bond motifs is 1. The molecular formula is C19H16N2O3S2. The molecule has 7 heteroatoms. The number of thiophene rings is 1. The van der Waals surface area contributed by atoms with E-state index in [0.717, 1.165) is 33.9 Å². The third kappa shape index (κ3) is 2.83. The molecule has 3 aromatic rings. The molecule has 1 aliphatic rings. The van der Waals surface area contributed by atoms with E-state index in [1.54, 1.807) is 22.3 Å². The summed E-state index contributed by atoms with van der Waals surface area (Å²) in [5.41, 5.74) is 4.15. The van der Waals surface area contributed by atoms with Crippen molar-refractivity contribution in [1.82, 2.24) is 4.98 Å². The van der Waals surface area contributed by atoms with E-state index in [2.05, 4.69) is 4.98 Å². The van der Waals surface area contributed by atoms with Crippen LogP contribution in [0.4, 0.5) is 5.69 Å². The maximum atomic E-state index is 13.1. The zero-order chi connectivity index (χ0) is 18.3. The second-order valence-corrected chi connectivity index (χ2v) is 7.77. The number of benzene rings is 1. The second kappa shape index (κ2) is 6.66. The van der Waals surface area contributed by atoms with Gasteiger partial charge in [-0.25, -0.2) is 9.78 Å². The Hall–Kier alpha value is -2.51. The molecule has 0 saturated carbocycles. The number of ether oxygens (including phenoxy) is 1. The minimum atomic E-state index is -0.365. The monoisotopic (exact) mass is 384 g/mol. The van der Waals surface area contributed by atoms with Gasteiger partial charge in [-0.3, -0.25) is 4.79 Å². The van der Waals surface area contributed by atoms with Gasteiger partial charge in [0.15, 0.2) is 0 Å². The Bertz CT molecular complexity index is 992. The molecule has 26 heavy (non-hydrogen) atoms. The average Bonchev–Trinajstić information content (AvgIpc) is 3.38. The van der Waals surface area contributed by atoms with Crippen molar-refractivity contribution in [3.8, 4) is 10.6 Å². The molecule has 0 N–H and O–H groups in total. The first-order valence-electron chi connectivity index (χ1n) is 8.11. The van der Waals surface area contributed by atoms with Crippen molar-refractivity contribution >= 4 is 40.2 Å². The van der Waals surface area contributed by atoms with Crippen LogP contribution in [-0.2, 0) is 11.2 Å². The van der Waals surface area contributed by atoms with Gasteiger partial charge in [0.2, 0.25) is 0 Å². The highest BCUT2D eigenvalue weighted by Gasteiger charge is 2.29. The number of carbonyl (C=O) groups is 2. The Kier molecular flexibility index (Phi) is 4.34. The van der Waals surface area contributed by atoms with Crippen molar-refractivity contribution in [2.75, 3.05) is 18.6 Å². The van der Waals surface area contributed by atoms with Crippen molar-refractivity contribution in [2.24, 2.45) is 0 Å². The number of thiazole rings is 1. The van der Waals surface area contributed by atoms with Crippen LogP contribution in [0.1, 0.15) is 31.3 Å². The zero-order valence-electron chi connectivity index (χ0n) is 14.3. The lowest BCUT2D eigenvalue weighted by molar-refractivity contribution is 0.0600. The van der Waals surface area contributed by atoms with E-state index in [4.69, 9.17) is 4.74 Å². The van der Waals surface area contributed by atoms with Gasteiger partial charge >= 0.3 is 5.97 Å². The van der Waals surface area contributed by atoms with Crippen molar-refractivity contribution < 1.29 is 14.3 Å². The normalized spacial score (nSPS) is 12.9. The SMILES string of the molecule is COC(=O)c1ccc2c(c1)CCN2C(=O)c1sc(-c2ccsc2)nc1C. The number of aromatic nitrogens is 1. The number of nitrogens with zero attached hydrogens (tertiary/aromatic N) is 2. The van der Waals surface area contributed by atoms with Crippen LogP contribution < -0.4 is 4.90 Å². The minimum Gasteiger partial charge on any atom is -0.465 e. The lowest BCUT2D eigenvalue weighted by atomic mass is 10.1. The first kappa shape index (κ1) is 16.9. The molecule has 2 aromatic heterocycles. The van der Waals surface area contributed by atoms with Gasteiger partial charge < -0.3 is 9.64 Å². The molecule has 0 aliphatic carbocycles. The first-order valence-corrected chi connectivity index (χ1v) is 9.87. The third-order valence-corrected chi connectivity index (χ3v) is 6.28. The molecule has 3 heterocycles. The molecule has 1 aromatic carbocycles. The number of hydrogen-bond donors (Lipinski definition) is 0. The van der Waals surface area contributed by atoms with Gasteiger partial charge in [0, 0.05) is 23.2 Å². The molecule has 132 valence electrons. The largest absolute Gasteiger partial charge is 0.465 e. The Labute approximate surface area is 158 Å². The summed E-state index contributed by atoms with van der Waals surface area (Å²) in [4.78, 5) is 31.8. The van der Waals surface area contributed by atoms with Crippen LogP contribution in [0.3, 0.4) is 0 Å². The predicted octanol–water partition coefficient (Wildman–Crippen LogP) is 4.17. The lowest BCUT2D eigenvalue weighted by Gasteiger charge is -2.16. The van der Waals surface area contributed by atoms with E-state index in [1.165, 1.54) is 18.4 Å². The Morgan fingerprint density at radius 3 is 2.85 bits per heavy atom. The van der Waals surface area contributed by atoms with Gasteiger partial charge in [0.1, 0.15) is 9.88 Å². The van der Waals surface area contributed by atoms with E-state index in [-0.39, 0.29) is 11.9 Å². The Morgan fingerprint density at radius 2 is 2.12 bits per heavy atom. The summed E-state index contributed by atoms with van der Waals surface area (Å²) in [5.74, 6) is -0.401. The van der Waals surface area contributed by atoms with Crippen molar-refractivity contribution in [2.45, 2.75) is 13.3 Å². The average molecular weight is 384 g/mol. The maximum absolute atomic E-state index is 13.1. The fourth-order valence-corrected chi connectivity index (χ4v) is 4.81. The standard InChI is InChI=1S/C19H16N2O3S2/c1-11-16(26-17(20-11)14-6-8-25-10-14)18(22)21-7-5-12-9-13(19(23)24-2)3-4-15(12)21/h3-4,6,8-10H,5,7H2,1-2H3. The molecular weight excluding hydrogens is 368 g/mol. The van der Waals surface area contributed by atoms with Gasteiger partial charge in [0.25, 0.3) is 5.91 Å². The van der Waals surface area contributed by atoms with Crippen LogP contribution in [0.15, 0.2) is 35.0 Å². The quantitative estimate of drug-likeness (QED) is 0.636. The number of anilines is 1. The summed E-state index contributed by atoms with van der Waals surface area (Å²) >= 11 is 3.04. The van der Waals surface area contributed by atoms with Crippen LogP contribution in [-0.4, -0.2) is 30.5 Å². The summed E-state index contributed by atoms with van der Waals surface area (Å²) in [6, 6.07) is 7.34. The van der Waals surface area contributed by atoms with Crippen LogP contribution in [0.2, 0.25) is 0 Å². The summed E-state index contributed by atoms with van der Waals surface area (Å²) < 4.78 is 4.77. The van der Waals surface area contributed by atoms with Gasteiger partial charge in [-0.05, 0) is 48.6 Å². The predicted molar refractivity (Wildman–Crippen MR) is 103 cm³/mol. The van der Waals surface area contributed by atoms with Crippen molar-refractivity contribution in [3.05, 3.63) is 56.7 Å². The van der Waals surface area contributed by atoms with Crippen LogP contribution in [0.25, 0.3) is 10.6 Å². The molecule has 1 amide bonds. The Morgan fingerprint density at radius 1 is 1.27 bits per heavy atom. The summed E-state index contributed by atoms with van der Waals surface area (Å²) in [5, 5.41) is 4.91. The van der Waals surface area contributed by atoms with Crippen molar-refractivity contribution in [3.63, 3.8) is 0 Å². The lowest BCUT2D eigenvalue weighted by Crippen LogP contribution is -2.28. The molecule has 5 nitrogen and oxygen atoms in total. The number of rotatable bonds is 3. The number of methoxy groups -OCH3 is 1. The fraction of sp³-hybridized carbons (Fsp3) is 0.211. The van der Waals surface area contributed by atoms with E-state index in [1.807, 2.05) is 35.9 Å². The minimum absolute atomic E-state index is 0.0361.